The van der Waals surface area contributed by atoms with Crippen molar-refractivity contribution in [2.45, 2.75) is 11.7 Å². The number of nitrogens with zero attached hydrogens (tertiary/aromatic N) is 1. The van der Waals surface area contributed by atoms with Crippen LogP contribution in [0.25, 0.3) is 0 Å². The second-order valence-corrected chi connectivity index (χ2v) is 6.75. The second kappa shape index (κ2) is 7.05. The molecule has 4 rings (SSSR count). The van der Waals surface area contributed by atoms with Crippen LogP contribution in [-0.4, -0.2) is 24.1 Å². The molecule has 146 valence electrons. The number of methoxy groups -OCH3 is 1. The third-order valence-electron chi connectivity index (χ3n) is 5.18. The number of halogens is 1. The van der Waals surface area contributed by atoms with E-state index in [-0.39, 0.29) is 11.1 Å². The topological polar surface area (TPSA) is 66.8 Å². The lowest BCUT2D eigenvalue weighted by molar-refractivity contribution is -0.153. The third kappa shape index (κ3) is 2.84. The fourth-order valence-electron chi connectivity index (χ4n) is 3.81. The zero-order valence-electron chi connectivity index (χ0n) is 15.6. The van der Waals surface area contributed by atoms with E-state index in [1.807, 2.05) is 0 Å². The van der Waals surface area contributed by atoms with E-state index in [1.165, 1.54) is 30.2 Å². The summed E-state index contributed by atoms with van der Waals surface area (Å²) in [6.45, 7) is 0. The minimum Gasteiger partial charge on any atom is -0.497 e. The first-order valence-electron chi connectivity index (χ1n) is 9.03. The van der Waals surface area contributed by atoms with Gasteiger partial charge in [0.1, 0.15) is 11.8 Å². The number of rotatable bonds is 4. The van der Waals surface area contributed by atoms with Gasteiger partial charge in [-0.15, -0.1) is 0 Å². The van der Waals surface area contributed by atoms with Crippen LogP contribution in [0.15, 0.2) is 78.9 Å². The van der Waals surface area contributed by atoms with Crippen LogP contribution in [0, 0.1) is 0 Å². The van der Waals surface area contributed by atoms with Gasteiger partial charge in [-0.25, -0.2) is 9.18 Å². The van der Waals surface area contributed by atoms with Crippen LogP contribution >= 0.6 is 0 Å². The number of carboxylic acids is 1. The Morgan fingerprint density at radius 2 is 1.62 bits per heavy atom. The third-order valence-corrected chi connectivity index (χ3v) is 5.18. The number of hydrogen-bond donors (Lipinski definition) is 1. The number of para-hydroxylation sites is 1. The fourth-order valence-corrected chi connectivity index (χ4v) is 3.81. The number of anilines is 1. The predicted octanol–water partition coefficient (Wildman–Crippen LogP) is 4.35. The van der Waals surface area contributed by atoms with Crippen molar-refractivity contribution in [3.8, 4) is 5.75 Å². The maximum atomic E-state index is 16.5. The van der Waals surface area contributed by atoms with Gasteiger partial charge in [-0.2, -0.15) is 0 Å². The van der Waals surface area contributed by atoms with Crippen molar-refractivity contribution >= 4 is 17.6 Å². The molecule has 2 atom stereocenters. The smallest absolute Gasteiger partial charge is 0.348 e. The molecule has 1 aliphatic heterocycles. The highest BCUT2D eigenvalue weighted by molar-refractivity contribution is 6.11. The van der Waals surface area contributed by atoms with Crippen molar-refractivity contribution in [1.29, 1.82) is 0 Å². The van der Waals surface area contributed by atoms with Crippen molar-refractivity contribution < 1.29 is 23.8 Å². The van der Waals surface area contributed by atoms with Gasteiger partial charge >= 0.3 is 5.97 Å². The number of carbonyl (C=O) groups excluding carboxylic acids is 1. The number of carboxylic acid groups (broad SMARTS) is 1. The maximum Gasteiger partial charge on any atom is 0.348 e. The van der Waals surface area contributed by atoms with Crippen LogP contribution in [0.2, 0.25) is 0 Å². The van der Waals surface area contributed by atoms with Crippen molar-refractivity contribution in [3.63, 3.8) is 0 Å². The Hall–Kier alpha value is -3.67. The Balaban J connectivity index is 2.02. The van der Waals surface area contributed by atoms with Gasteiger partial charge in [-0.05, 0) is 35.9 Å². The van der Waals surface area contributed by atoms with E-state index in [9.17, 15) is 14.7 Å². The Morgan fingerprint density at radius 3 is 2.24 bits per heavy atom. The molecule has 29 heavy (non-hydrogen) atoms. The molecule has 0 unspecified atom stereocenters. The molecule has 0 fully saturated rings. The molecular formula is C23H18FNO4. The van der Waals surface area contributed by atoms with Gasteiger partial charge in [0.25, 0.3) is 11.6 Å². The van der Waals surface area contributed by atoms with Gasteiger partial charge in [0, 0.05) is 16.8 Å². The van der Waals surface area contributed by atoms with E-state index >= 15 is 4.39 Å². The summed E-state index contributed by atoms with van der Waals surface area (Å²) in [4.78, 5) is 26.9. The molecule has 1 heterocycles. The zero-order chi connectivity index (χ0) is 20.6. The van der Waals surface area contributed by atoms with E-state index < -0.39 is 23.6 Å². The van der Waals surface area contributed by atoms with Crippen LogP contribution in [0.5, 0.6) is 5.75 Å². The molecule has 0 bridgehead atoms. The number of amides is 1. The Morgan fingerprint density at radius 1 is 1.00 bits per heavy atom. The minimum atomic E-state index is -2.84. The molecule has 1 amide bonds. The van der Waals surface area contributed by atoms with Gasteiger partial charge in [-0.3, -0.25) is 9.69 Å². The van der Waals surface area contributed by atoms with E-state index in [0.717, 1.165) is 0 Å². The van der Waals surface area contributed by atoms with Gasteiger partial charge < -0.3 is 9.84 Å². The van der Waals surface area contributed by atoms with Gasteiger partial charge in [-0.1, -0.05) is 48.5 Å². The highest BCUT2D eigenvalue weighted by Crippen LogP contribution is 2.50. The number of ether oxygens (including phenoxy) is 1. The summed E-state index contributed by atoms with van der Waals surface area (Å²) in [6, 6.07) is 19.5. The number of alkyl halides is 1. The molecule has 3 aromatic carbocycles. The number of fused-ring (bicyclic) bond motifs is 1. The quantitative estimate of drug-likeness (QED) is 0.718. The van der Waals surface area contributed by atoms with Gasteiger partial charge in [0.05, 0.1) is 7.11 Å². The first kappa shape index (κ1) is 18.7. The van der Waals surface area contributed by atoms with Crippen LogP contribution < -0.4 is 9.64 Å². The van der Waals surface area contributed by atoms with Crippen molar-refractivity contribution in [2.24, 2.45) is 0 Å². The molecule has 0 aromatic heterocycles. The Kier molecular flexibility index (Phi) is 4.54. The molecule has 0 saturated carbocycles. The molecule has 1 N–H and O–H groups in total. The minimum absolute atomic E-state index is 0.0333. The van der Waals surface area contributed by atoms with Crippen LogP contribution in [0.1, 0.15) is 27.5 Å². The average Bonchev–Trinajstić information content (AvgIpc) is 2.76. The summed E-state index contributed by atoms with van der Waals surface area (Å²) in [6.07, 6.45) is 0. The number of benzene rings is 3. The summed E-state index contributed by atoms with van der Waals surface area (Å²) in [5.41, 5.74) is -2.19. The lowest BCUT2D eigenvalue weighted by Crippen LogP contribution is -2.53. The lowest BCUT2D eigenvalue weighted by Gasteiger charge is -2.44. The summed E-state index contributed by atoms with van der Waals surface area (Å²) in [5, 5.41) is 9.99. The Labute approximate surface area is 167 Å². The summed E-state index contributed by atoms with van der Waals surface area (Å²) in [5.74, 6) is -1.57. The highest BCUT2D eigenvalue weighted by atomic mass is 19.1. The second-order valence-electron chi connectivity index (χ2n) is 6.75. The molecule has 3 aromatic rings. The SMILES string of the molecule is COc1ccc([C@@H]2N(c3ccccc3)C(=O)c3ccccc3[C@]2(F)C(=O)O)cc1. The highest BCUT2D eigenvalue weighted by Gasteiger charge is 2.58. The standard InChI is InChI=1S/C23H18FNO4/c1-29-17-13-11-15(12-14-17)20-23(24,22(27)28)19-10-6-5-9-18(19)21(26)25(20)16-7-3-2-4-8-16/h2-14,20H,1H3,(H,27,28)/t20-,23+/m0/s1. The molecule has 1 aliphatic rings. The fraction of sp³-hybridized carbons (Fsp3) is 0.130. The van der Waals surface area contributed by atoms with Crippen molar-refractivity contribution in [1.82, 2.24) is 0 Å². The lowest BCUT2D eigenvalue weighted by atomic mass is 9.77. The molecule has 0 saturated heterocycles. The molecule has 6 heteroatoms. The molecule has 0 aliphatic carbocycles. The van der Waals surface area contributed by atoms with Crippen LogP contribution in [-0.2, 0) is 10.5 Å². The average molecular weight is 391 g/mol. The van der Waals surface area contributed by atoms with Crippen molar-refractivity contribution in [3.05, 3.63) is 95.6 Å². The predicted molar refractivity (Wildman–Crippen MR) is 106 cm³/mol. The molecule has 0 spiro atoms. The largest absolute Gasteiger partial charge is 0.497 e. The summed E-state index contributed by atoms with van der Waals surface area (Å²) in [7, 11) is 1.50. The van der Waals surface area contributed by atoms with E-state index in [0.29, 0.717) is 17.0 Å². The van der Waals surface area contributed by atoms with Crippen molar-refractivity contribution in [2.75, 3.05) is 12.0 Å². The normalized spacial score (nSPS) is 20.8. The number of aliphatic carboxylic acids is 1. The Bertz CT molecular complexity index is 1070. The van der Waals surface area contributed by atoms with Gasteiger partial charge in [0.2, 0.25) is 0 Å². The van der Waals surface area contributed by atoms with Crippen LogP contribution in [0.3, 0.4) is 0 Å². The van der Waals surface area contributed by atoms with E-state index in [2.05, 4.69) is 0 Å². The number of carbonyl (C=O) groups is 2. The summed E-state index contributed by atoms with van der Waals surface area (Å²) < 4.78 is 21.7. The first-order valence-corrected chi connectivity index (χ1v) is 9.03. The molecular weight excluding hydrogens is 373 g/mol. The van der Waals surface area contributed by atoms with Gasteiger partial charge in [0.15, 0.2) is 0 Å². The monoisotopic (exact) mass is 391 g/mol. The first-order chi connectivity index (χ1) is 14.0. The van der Waals surface area contributed by atoms with E-state index in [4.69, 9.17) is 4.74 Å². The zero-order valence-corrected chi connectivity index (χ0v) is 15.6. The summed E-state index contributed by atoms with van der Waals surface area (Å²) >= 11 is 0. The molecule has 0 radical (unpaired) electrons. The molecule has 5 nitrogen and oxygen atoms in total. The van der Waals surface area contributed by atoms with E-state index in [1.54, 1.807) is 60.7 Å². The number of hydrogen-bond acceptors (Lipinski definition) is 3. The van der Waals surface area contributed by atoms with Crippen LogP contribution in [0.4, 0.5) is 10.1 Å². The maximum absolute atomic E-state index is 16.5.